The van der Waals surface area contributed by atoms with Crippen molar-refractivity contribution in [2.45, 2.75) is 26.9 Å². The average Bonchev–Trinajstić information content (AvgIpc) is 2.56. The topological polar surface area (TPSA) is 53.2 Å². The number of H-pyrrole nitrogens is 1. The van der Waals surface area contributed by atoms with Crippen LogP contribution in [0.3, 0.4) is 0 Å². The Morgan fingerprint density at radius 1 is 1.04 bits per heavy atom. The van der Waals surface area contributed by atoms with Gasteiger partial charge in [-0.15, -0.1) is 0 Å². The summed E-state index contributed by atoms with van der Waals surface area (Å²) in [5.74, 6) is -0.0535. The first kappa shape index (κ1) is 16.0. The third-order valence-corrected chi connectivity index (χ3v) is 4.10. The van der Waals surface area contributed by atoms with Crippen molar-refractivity contribution in [2.24, 2.45) is 0 Å². The molecule has 1 aromatic heterocycles. The summed E-state index contributed by atoms with van der Waals surface area (Å²) in [5, 5.41) is 0.971. The molecule has 0 aliphatic heterocycles. The summed E-state index contributed by atoms with van der Waals surface area (Å²) in [4.78, 5) is 28.9. The fourth-order valence-electron chi connectivity index (χ4n) is 2.77. The third kappa shape index (κ3) is 3.54. The smallest absolute Gasteiger partial charge is 0.253 e. The van der Waals surface area contributed by atoms with E-state index in [1.165, 1.54) is 6.92 Å². The number of amides is 1. The Labute approximate surface area is 140 Å². The summed E-state index contributed by atoms with van der Waals surface area (Å²) >= 11 is 0. The fourth-order valence-corrected chi connectivity index (χ4v) is 2.77. The molecular weight excluding hydrogens is 300 g/mol. The molecule has 0 atom stereocenters. The first-order valence-electron chi connectivity index (χ1n) is 7.95. The van der Waals surface area contributed by atoms with Gasteiger partial charge in [-0.25, -0.2) is 0 Å². The molecular formula is C20H20N2O2. The second-order valence-corrected chi connectivity index (χ2v) is 6.08. The number of pyridine rings is 1. The average molecular weight is 320 g/mol. The molecule has 4 heteroatoms. The fraction of sp³-hybridized carbons (Fsp3) is 0.200. The van der Waals surface area contributed by atoms with Crippen LogP contribution >= 0.6 is 0 Å². The zero-order chi connectivity index (χ0) is 17.1. The molecule has 0 saturated heterocycles. The van der Waals surface area contributed by atoms with Gasteiger partial charge in [0.05, 0.1) is 6.54 Å². The molecule has 3 rings (SSSR count). The summed E-state index contributed by atoms with van der Waals surface area (Å²) in [6.07, 6.45) is 0. The van der Waals surface area contributed by atoms with E-state index in [1.54, 1.807) is 4.90 Å². The highest BCUT2D eigenvalue weighted by molar-refractivity contribution is 5.80. The predicted octanol–water partition coefficient (Wildman–Crippen LogP) is 3.39. The molecule has 0 aliphatic rings. The normalized spacial score (nSPS) is 10.8. The molecule has 0 fully saturated rings. The minimum Gasteiger partial charge on any atom is -0.334 e. The number of rotatable bonds is 4. The molecule has 1 amide bonds. The lowest BCUT2D eigenvalue weighted by Crippen LogP contribution is -2.30. The van der Waals surface area contributed by atoms with Gasteiger partial charge in [0.2, 0.25) is 5.91 Å². The Hall–Kier alpha value is -2.88. The van der Waals surface area contributed by atoms with Crippen LogP contribution in [0.5, 0.6) is 0 Å². The zero-order valence-electron chi connectivity index (χ0n) is 13.9. The summed E-state index contributed by atoms with van der Waals surface area (Å²) in [5.41, 5.74) is 3.41. The van der Waals surface area contributed by atoms with Crippen LogP contribution in [-0.4, -0.2) is 15.8 Å². The molecule has 2 aromatic carbocycles. The number of aryl methyl sites for hydroxylation is 1. The molecule has 0 spiro atoms. The Kier molecular flexibility index (Phi) is 4.47. The number of carbonyl (C=O) groups is 1. The maximum atomic E-state index is 12.4. The number of fused-ring (bicyclic) bond motifs is 1. The highest BCUT2D eigenvalue weighted by atomic mass is 16.2. The number of benzene rings is 2. The Morgan fingerprint density at radius 3 is 2.50 bits per heavy atom. The summed E-state index contributed by atoms with van der Waals surface area (Å²) < 4.78 is 0. The molecule has 0 radical (unpaired) electrons. The summed E-state index contributed by atoms with van der Waals surface area (Å²) in [6, 6.07) is 17.6. The van der Waals surface area contributed by atoms with Crippen molar-refractivity contribution >= 4 is 16.8 Å². The van der Waals surface area contributed by atoms with Crippen LogP contribution in [0.2, 0.25) is 0 Å². The minimum absolute atomic E-state index is 0.0535. The largest absolute Gasteiger partial charge is 0.334 e. The van der Waals surface area contributed by atoms with Gasteiger partial charge in [-0.05, 0) is 35.6 Å². The van der Waals surface area contributed by atoms with Crippen LogP contribution in [0.15, 0.2) is 59.4 Å². The molecule has 24 heavy (non-hydrogen) atoms. The highest BCUT2D eigenvalue weighted by Crippen LogP contribution is 2.15. The van der Waals surface area contributed by atoms with Crippen LogP contribution in [0, 0.1) is 6.92 Å². The molecule has 0 bridgehead atoms. The van der Waals surface area contributed by atoms with Gasteiger partial charge < -0.3 is 9.88 Å². The van der Waals surface area contributed by atoms with Crippen LogP contribution in [0.25, 0.3) is 10.9 Å². The van der Waals surface area contributed by atoms with E-state index >= 15 is 0 Å². The molecule has 1 heterocycles. The van der Waals surface area contributed by atoms with Gasteiger partial charge in [0.15, 0.2) is 0 Å². The third-order valence-electron chi connectivity index (χ3n) is 4.10. The number of aromatic nitrogens is 1. The lowest BCUT2D eigenvalue weighted by atomic mass is 10.1. The van der Waals surface area contributed by atoms with Crippen LogP contribution in [0.4, 0.5) is 0 Å². The molecule has 3 aromatic rings. The number of carbonyl (C=O) groups excluding carboxylic acids is 1. The SMILES string of the molecule is CC(=O)N(Cc1ccccc1)Cc1cc2ccc(C)cc2[nH]c1=O. The standard InChI is InChI=1S/C20H20N2O2/c1-14-8-9-17-11-18(20(24)21-19(17)10-14)13-22(15(2)23)12-16-6-4-3-5-7-16/h3-11H,12-13H2,1-2H3,(H,21,24). The second kappa shape index (κ2) is 6.71. The maximum absolute atomic E-state index is 12.4. The van der Waals surface area contributed by atoms with E-state index in [4.69, 9.17) is 0 Å². The van der Waals surface area contributed by atoms with Gasteiger partial charge in [-0.3, -0.25) is 9.59 Å². The maximum Gasteiger partial charge on any atom is 0.253 e. The van der Waals surface area contributed by atoms with Gasteiger partial charge >= 0.3 is 0 Å². The quantitative estimate of drug-likeness (QED) is 0.801. The van der Waals surface area contributed by atoms with Crippen molar-refractivity contribution in [1.29, 1.82) is 0 Å². The zero-order valence-corrected chi connectivity index (χ0v) is 13.9. The van der Waals surface area contributed by atoms with Gasteiger partial charge in [0, 0.05) is 24.5 Å². The summed E-state index contributed by atoms with van der Waals surface area (Å²) in [6.45, 7) is 4.30. The highest BCUT2D eigenvalue weighted by Gasteiger charge is 2.13. The van der Waals surface area contributed by atoms with E-state index < -0.39 is 0 Å². The molecule has 0 aliphatic carbocycles. The molecule has 1 N–H and O–H groups in total. The predicted molar refractivity (Wildman–Crippen MR) is 95.7 cm³/mol. The lowest BCUT2D eigenvalue weighted by Gasteiger charge is -2.21. The van der Waals surface area contributed by atoms with Gasteiger partial charge in [0.1, 0.15) is 0 Å². The Bertz CT molecular complexity index is 929. The summed E-state index contributed by atoms with van der Waals surface area (Å²) in [7, 11) is 0. The van der Waals surface area contributed by atoms with Crippen molar-refractivity contribution < 1.29 is 4.79 Å². The lowest BCUT2D eigenvalue weighted by molar-refractivity contribution is -0.130. The van der Waals surface area contributed by atoms with Crippen molar-refractivity contribution in [1.82, 2.24) is 9.88 Å². The van der Waals surface area contributed by atoms with Crippen molar-refractivity contribution in [3.63, 3.8) is 0 Å². The Morgan fingerprint density at radius 2 is 1.79 bits per heavy atom. The van der Waals surface area contributed by atoms with E-state index in [0.717, 1.165) is 22.0 Å². The first-order chi connectivity index (χ1) is 11.5. The van der Waals surface area contributed by atoms with Crippen molar-refractivity contribution in [3.8, 4) is 0 Å². The van der Waals surface area contributed by atoms with E-state index in [2.05, 4.69) is 4.98 Å². The second-order valence-electron chi connectivity index (χ2n) is 6.08. The number of hydrogen-bond acceptors (Lipinski definition) is 2. The number of hydrogen-bond donors (Lipinski definition) is 1. The molecule has 4 nitrogen and oxygen atoms in total. The first-order valence-corrected chi connectivity index (χ1v) is 7.95. The van der Waals surface area contributed by atoms with E-state index in [0.29, 0.717) is 18.7 Å². The molecule has 0 unspecified atom stereocenters. The van der Waals surface area contributed by atoms with Gasteiger partial charge in [0.25, 0.3) is 5.56 Å². The number of nitrogens with one attached hydrogen (secondary N) is 1. The van der Waals surface area contributed by atoms with Crippen LogP contribution in [0.1, 0.15) is 23.6 Å². The van der Waals surface area contributed by atoms with Crippen molar-refractivity contribution in [2.75, 3.05) is 0 Å². The van der Waals surface area contributed by atoms with E-state index in [9.17, 15) is 9.59 Å². The Balaban J connectivity index is 1.91. The van der Waals surface area contributed by atoms with E-state index in [1.807, 2.05) is 61.5 Å². The van der Waals surface area contributed by atoms with Crippen molar-refractivity contribution in [3.05, 3.63) is 81.6 Å². The molecule has 122 valence electrons. The number of aromatic amines is 1. The minimum atomic E-state index is -0.146. The molecule has 0 saturated carbocycles. The van der Waals surface area contributed by atoms with Crippen LogP contribution < -0.4 is 5.56 Å². The monoisotopic (exact) mass is 320 g/mol. The van der Waals surface area contributed by atoms with Crippen LogP contribution in [-0.2, 0) is 17.9 Å². The number of nitrogens with zero attached hydrogens (tertiary/aromatic N) is 1. The van der Waals surface area contributed by atoms with Gasteiger partial charge in [-0.2, -0.15) is 0 Å². The van der Waals surface area contributed by atoms with Gasteiger partial charge in [-0.1, -0.05) is 42.5 Å². The van der Waals surface area contributed by atoms with E-state index in [-0.39, 0.29) is 11.5 Å².